The monoisotopic (exact) mass is 401 g/mol. The van der Waals surface area contributed by atoms with Gasteiger partial charge in [-0.2, -0.15) is 0 Å². The molecule has 0 atom stereocenters. The average molecular weight is 402 g/mol. The van der Waals surface area contributed by atoms with Crippen molar-refractivity contribution < 1.29 is 9.47 Å². The zero-order valence-corrected chi connectivity index (χ0v) is 17.8. The van der Waals surface area contributed by atoms with Crippen molar-refractivity contribution in [2.45, 2.75) is 26.8 Å². The molecule has 6 heteroatoms. The van der Waals surface area contributed by atoms with Gasteiger partial charge in [0.25, 0.3) is 0 Å². The van der Waals surface area contributed by atoms with Crippen LogP contribution >= 0.6 is 11.6 Å². The summed E-state index contributed by atoms with van der Waals surface area (Å²) in [6, 6.07) is 11.9. The lowest BCUT2D eigenvalue weighted by atomic mass is 10.1. The zero-order valence-electron chi connectivity index (χ0n) is 17.0. The van der Waals surface area contributed by atoms with Gasteiger partial charge in [-0.05, 0) is 49.0 Å². The number of methoxy groups -OCH3 is 2. The minimum atomic E-state index is 0.707. The normalized spacial score (nSPS) is 11.4. The first kappa shape index (κ1) is 20.5. The summed E-state index contributed by atoms with van der Waals surface area (Å²) in [7, 11) is 3.30. The van der Waals surface area contributed by atoms with Crippen LogP contribution in [0.25, 0.3) is 11.0 Å². The van der Waals surface area contributed by atoms with Crippen molar-refractivity contribution in [3.05, 3.63) is 52.8 Å². The van der Waals surface area contributed by atoms with Gasteiger partial charge in [0.1, 0.15) is 5.82 Å². The molecule has 0 unspecified atom stereocenters. The fraction of sp³-hybridized carbons (Fsp3) is 0.409. The molecule has 1 aromatic heterocycles. The van der Waals surface area contributed by atoms with E-state index in [-0.39, 0.29) is 0 Å². The summed E-state index contributed by atoms with van der Waals surface area (Å²) in [5.41, 5.74) is 3.18. The Morgan fingerprint density at radius 2 is 1.75 bits per heavy atom. The van der Waals surface area contributed by atoms with E-state index in [1.54, 1.807) is 14.2 Å². The maximum absolute atomic E-state index is 6.20. The molecule has 0 aliphatic heterocycles. The molecular weight excluding hydrogens is 374 g/mol. The summed E-state index contributed by atoms with van der Waals surface area (Å²) in [5, 5.41) is 0.707. The van der Waals surface area contributed by atoms with E-state index < -0.39 is 0 Å². The van der Waals surface area contributed by atoms with Crippen molar-refractivity contribution in [2.24, 2.45) is 0 Å². The lowest BCUT2D eigenvalue weighted by Gasteiger charge is -2.19. The molecule has 150 valence electrons. The van der Waals surface area contributed by atoms with E-state index >= 15 is 0 Å². The average Bonchev–Trinajstić information content (AvgIpc) is 3.04. The lowest BCUT2D eigenvalue weighted by molar-refractivity contribution is 0.291. The lowest BCUT2D eigenvalue weighted by Crippen LogP contribution is -2.27. The van der Waals surface area contributed by atoms with Gasteiger partial charge in [-0.1, -0.05) is 31.5 Å². The predicted molar refractivity (Wildman–Crippen MR) is 115 cm³/mol. The molecule has 0 bridgehead atoms. The summed E-state index contributed by atoms with van der Waals surface area (Å²) >= 11 is 6.20. The van der Waals surface area contributed by atoms with Gasteiger partial charge in [-0.3, -0.25) is 0 Å². The number of likely N-dealkylation sites (N-methyl/N-ethyl adjacent to an activating group) is 1. The first-order valence-electron chi connectivity index (χ1n) is 9.67. The number of benzene rings is 2. The third-order valence-electron chi connectivity index (χ3n) is 5.13. The highest BCUT2D eigenvalue weighted by Crippen LogP contribution is 2.29. The number of aromatic nitrogens is 2. The minimum absolute atomic E-state index is 0.707. The first-order chi connectivity index (χ1) is 13.6. The minimum Gasteiger partial charge on any atom is -0.493 e. The van der Waals surface area contributed by atoms with Crippen molar-refractivity contribution in [1.82, 2.24) is 14.5 Å². The highest BCUT2D eigenvalue weighted by molar-refractivity contribution is 6.31. The summed E-state index contributed by atoms with van der Waals surface area (Å²) in [5.74, 6) is 2.48. The highest BCUT2D eigenvalue weighted by Gasteiger charge is 2.14. The van der Waals surface area contributed by atoms with Crippen LogP contribution in [0.3, 0.4) is 0 Å². The van der Waals surface area contributed by atoms with Crippen LogP contribution in [0, 0.1) is 0 Å². The fourth-order valence-electron chi connectivity index (χ4n) is 3.49. The molecule has 1 heterocycles. The Balaban J connectivity index is 1.96. The standard InChI is InChI=1S/C22H28ClN3O2/c1-5-25(6-2)11-12-26-19-9-8-17(23)15-18(19)24-22(26)14-16-7-10-20(27-3)21(13-16)28-4/h7-10,13,15H,5-6,11-12,14H2,1-4H3. The fourth-order valence-corrected chi connectivity index (χ4v) is 3.66. The van der Waals surface area contributed by atoms with Crippen LogP contribution in [0.1, 0.15) is 25.2 Å². The predicted octanol–water partition coefficient (Wildman–Crippen LogP) is 4.64. The largest absolute Gasteiger partial charge is 0.493 e. The van der Waals surface area contributed by atoms with Crippen LogP contribution in [0.15, 0.2) is 36.4 Å². The van der Waals surface area contributed by atoms with Gasteiger partial charge in [0.15, 0.2) is 11.5 Å². The van der Waals surface area contributed by atoms with Gasteiger partial charge in [-0.25, -0.2) is 4.98 Å². The smallest absolute Gasteiger partial charge is 0.161 e. The number of nitrogens with zero attached hydrogens (tertiary/aromatic N) is 3. The van der Waals surface area contributed by atoms with Crippen LogP contribution in [-0.4, -0.2) is 48.3 Å². The van der Waals surface area contributed by atoms with Gasteiger partial charge in [-0.15, -0.1) is 0 Å². The Labute approximate surface area is 171 Å². The molecule has 0 aliphatic carbocycles. The summed E-state index contributed by atoms with van der Waals surface area (Å²) in [6.07, 6.45) is 0.713. The zero-order chi connectivity index (χ0) is 20.1. The second kappa shape index (κ2) is 9.30. The van der Waals surface area contributed by atoms with Gasteiger partial charge in [0.2, 0.25) is 0 Å². The Bertz CT molecular complexity index is 935. The number of rotatable bonds is 9. The molecule has 0 amide bonds. The molecule has 0 saturated carbocycles. The summed E-state index contributed by atoms with van der Waals surface area (Å²) in [4.78, 5) is 7.30. The summed E-state index contributed by atoms with van der Waals surface area (Å²) < 4.78 is 13.1. The molecule has 5 nitrogen and oxygen atoms in total. The molecule has 0 spiro atoms. The second-order valence-corrected chi connectivity index (χ2v) is 7.14. The van der Waals surface area contributed by atoms with E-state index in [9.17, 15) is 0 Å². The molecule has 0 radical (unpaired) electrons. The van der Waals surface area contributed by atoms with Gasteiger partial charge in [0, 0.05) is 24.5 Å². The number of imidazole rings is 1. The van der Waals surface area contributed by atoms with E-state index in [0.29, 0.717) is 11.4 Å². The van der Waals surface area contributed by atoms with E-state index in [1.807, 2.05) is 24.3 Å². The maximum atomic E-state index is 6.20. The van der Waals surface area contributed by atoms with Crippen molar-refractivity contribution in [3.8, 4) is 11.5 Å². The Kier molecular flexibility index (Phi) is 6.81. The number of ether oxygens (including phenoxy) is 2. The van der Waals surface area contributed by atoms with Crippen LogP contribution < -0.4 is 9.47 Å². The molecule has 0 fully saturated rings. The third-order valence-corrected chi connectivity index (χ3v) is 5.37. The van der Waals surface area contributed by atoms with E-state index in [1.165, 1.54) is 0 Å². The summed E-state index contributed by atoms with van der Waals surface area (Å²) in [6.45, 7) is 8.35. The van der Waals surface area contributed by atoms with Crippen molar-refractivity contribution in [2.75, 3.05) is 33.9 Å². The first-order valence-corrected chi connectivity index (χ1v) is 10.0. The second-order valence-electron chi connectivity index (χ2n) is 6.71. The maximum Gasteiger partial charge on any atom is 0.161 e. The molecule has 0 aliphatic rings. The number of hydrogen-bond donors (Lipinski definition) is 0. The molecule has 2 aromatic carbocycles. The topological polar surface area (TPSA) is 39.5 Å². The Hall–Kier alpha value is -2.24. The van der Waals surface area contributed by atoms with Crippen LogP contribution in [0.5, 0.6) is 11.5 Å². The van der Waals surface area contributed by atoms with Crippen LogP contribution in [0.4, 0.5) is 0 Å². The number of halogens is 1. The quantitative estimate of drug-likeness (QED) is 0.523. The Morgan fingerprint density at radius 1 is 1.00 bits per heavy atom. The van der Waals surface area contributed by atoms with E-state index in [4.69, 9.17) is 26.1 Å². The van der Waals surface area contributed by atoms with E-state index in [2.05, 4.69) is 35.4 Å². The van der Waals surface area contributed by atoms with Crippen molar-refractivity contribution >= 4 is 22.6 Å². The van der Waals surface area contributed by atoms with Crippen LogP contribution in [0.2, 0.25) is 5.02 Å². The molecule has 0 N–H and O–H groups in total. The molecule has 3 aromatic rings. The highest BCUT2D eigenvalue weighted by atomic mass is 35.5. The molecule has 28 heavy (non-hydrogen) atoms. The van der Waals surface area contributed by atoms with Gasteiger partial charge < -0.3 is 18.9 Å². The molecule has 0 saturated heterocycles. The Morgan fingerprint density at radius 3 is 2.43 bits per heavy atom. The van der Waals surface area contributed by atoms with Gasteiger partial charge >= 0.3 is 0 Å². The molecular formula is C22H28ClN3O2. The van der Waals surface area contributed by atoms with Crippen LogP contribution in [-0.2, 0) is 13.0 Å². The SMILES string of the molecule is CCN(CC)CCn1c(Cc2ccc(OC)c(OC)c2)nc2cc(Cl)ccc21. The third kappa shape index (κ3) is 4.42. The van der Waals surface area contributed by atoms with Crippen molar-refractivity contribution in [3.63, 3.8) is 0 Å². The number of fused-ring (bicyclic) bond motifs is 1. The van der Waals surface area contributed by atoms with Crippen molar-refractivity contribution in [1.29, 1.82) is 0 Å². The van der Waals surface area contributed by atoms with Gasteiger partial charge in [0.05, 0.1) is 25.3 Å². The van der Waals surface area contributed by atoms with E-state index in [0.717, 1.165) is 60.1 Å². The number of hydrogen-bond acceptors (Lipinski definition) is 4. The molecule has 3 rings (SSSR count).